The summed E-state index contributed by atoms with van der Waals surface area (Å²) in [6, 6.07) is 0.214. The molecule has 2 rings (SSSR count). The average Bonchev–Trinajstić information content (AvgIpc) is 2.13. The van der Waals surface area contributed by atoms with Crippen molar-refractivity contribution in [1.82, 2.24) is 5.32 Å². The van der Waals surface area contributed by atoms with Crippen LogP contribution in [0.15, 0.2) is 36.0 Å². The fraction of sp³-hybridized carbons (Fsp3) is 0.364. The standard InChI is InChI=1S/C11H13NO/c1-8-6-4-2-3-5-7-9-10(8)11(13)12-9/h2-3,5-7,9-10H,4H2,1H3,(H,12,13)/b3-2-,7-5-,8-6-. The number of nitrogens with one attached hydrogen (secondary N) is 1. The summed E-state index contributed by atoms with van der Waals surface area (Å²) >= 11 is 0. The molecule has 0 radical (unpaired) electrons. The predicted molar refractivity (Wildman–Crippen MR) is 52.1 cm³/mol. The van der Waals surface area contributed by atoms with Gasteiger partial charge in [0.25, 0.3) is 0 Å². The van der Waals surface area contributed by atoms with E-state index in [4.69, 9.17) is 0 Å². The second-order valence-corrected chi connectivity index (χ2v) is 3.51. The zero-order valence-electron chi connectivity index (χ0n) is 7.66. The van der Waals surface area contributed by atoms with E-state index in [-0.39, 0.29) is 17.9 Å². The van der Waals surface area contributed by atoms with Crippen LogP contribution < -0.4 is 5.32 Å². The normalized spacial score (nSPS) is 40.7. The third-order valence-electron chi connectivity index (χ3n) is 2.58. The van der Waals surface area contributed by atoms with Gasteiger partial charge in [0, 0.05) is 0 Å². The van der Waals surface area contributed by atoms with Gasteiger partial charge in [-0.3, -0.25) is 4.79 Å². The molecule has 0 saturated carbocycles. The summed E-state index contributed by atoms with van der Waals surface area (Å²) in [5.41, 5.74) is 1.19. The van der Waals surface area contributed by atoms with Gasteiger partial charge in [-0.25, -0.2) is 0 Å². The zero-order chi connectivity index (χ0) is 9.26. The van der Waals surface area contributed by atoms with E-state index < -0.39 is 0 Å². The van der Waals surface area contributed by atoms with Gasteiger partial charge < -0.3 is 5.32 Å². The van der Waals surface area contributed by atoms with Gasteiger partial charge in [0.15, 0.2) is 0 Å². The SMILES string of the molecule is C/C1=C/C/C=C\C=C/C2NC(=O)C12. The molecule has 1 N–H and O–H groups in total. The average molecular weight is 175 g/mol. The van der Waals surface area contributed by atoms with E-state index in [9.17, 15) is 4.79 Å². The summed E-state index contributed by atoms with van der Waals surface area (Å²) < 4.78 is 0. The van der Waals surface area contributed by atoms with Crippen molar-refractivity contribution in [2.75, 3.05) is 0 Å². The Labute approximate surface area is 78.0 Å². The van der Waals surface area contributed by atoms with Gasteiger partial charge in [-0.1, -0.05) is 36.0 Å². The third-order valence-corrected chi connectivity index (χ3v) is 2.58. The predicted octanol–water partition coefficient (Wildman–Crippen LogP) is 1.56. The number of carbonyl (C=O) groups is 1. The molecular weight excluding hydrogens is 162 g/mol. The first-order valence-electron chi connectivity index (χ1n) is 4.59. The summed E-state index contributed by atoms with van der Waals surface area (Å²) in [4.78, 5) is 11.2. The van der Waals surface area contributed by atoms with Crippen molar-refractivity contribution in [2.24, 2.45) is 5.92 Å². The summed E-state index contributed by atoms with van der Waals surface area (Å²) in [6.07, 6.45) is 11.2. The molecule has 0 aromatic rings. The number of rotatable bonds is 0. The van der Waals surface area contributed by atoms with Crippen molar-refractivity contribution in [2.45, 2.75) is 19.4 Å². The lowest BCUT2D eigenvalue weighted by atomic mass is 9.84. The second kappa shape index (κ2) is 3.21. The molecule has 13 heavy (non-hydrogen) atoms. The maximum absolute atomic E-state index is 11.2. The largest absolute Gasteiger partial charge is 0.348 e. The minimum atomic E-state index is 0.0798. The molecule has 68 valence electrons. The number of allylic oxidation sites excluding steroid dienone is 4. The van der Waals surface area contributed by atoms with Crippen molar-refractivity contribution in [3.63, 3.8) is 0 Å². The Morgan fingerprint density at radius 3 is 3.08 bits per heavy atom. The number of carbonyl (C=O) groups excluding carboxylic acids is 1. The van der Waals surface area contributed by atoms with Crippen LogP contribution in [0.3, 0.4) is 0 Å². The lowest BCUT2D eigenvalue weighted by Crippen LogP contribution is -2.57. The Bertz CT molecular complexity index is 312. The van der Waals surface area contributed by atoms with E-state index in [1.165, 1.54) is 5.57 Å². The third kappa shape index (κ3) is 1.44. The van der Waals surface area contributed by atoms with Gasteiger partial charge in [-0.2, -0.15) is 0 Å². The molecule has 1 aliphatic carbocycles. The number of hydrogen-bond donors (Lipinski definition) is 1. The summed E-state index contributed by atoms with van der Waals surface area (Å²) in [5.74, 6) is 0.237. The molecular formula is C11H13NO. The molecule has 1 fully saturated rings. The highest BCUT2D eigenvalue weighted by Crippen LogP contribution is 2.25. The lowest BCUT2D eigenvalue weighted by molar-refractivity contribution is -0.131. The van der Waals surface area contributed by atoms with Gasteiger partial charge in [-0.05, 0) is 13.3 Å². The smallest absolute Gasteiger partial charge is 0.230 e. The zero-order valence-corrected chi connectivity index (χ0v) is 7.66. The van der Waals surface area contributed by atoms with Crippen molar-refractivity contribution < 1.29 is 4.79 Å². The van der Waals surface area contributed by atoms with Crippen LogP contribution in [0.1, 0.15) is 13.3 Å². The first-order chi connectivity index (χ1) is 6.29. The van der Waals surface area contributed by atoms with Gasteiger partial charge in [0.2, 0.25) is 5.91 Å². The van der Waals surface area contributed by atoms with Crippen LogP contribution in [0.25, 0.3) is 0 Å². The molecule has 2 nitrogen and oxygen atoms in total. The van der Waals surface area contributed by atoms with E-state index in [0.717, 1.165) is 6.42 Å². The molecule has 0 bridgehead atoms. The van der Waals surface area contributed by atoms with E-state index in [0.29, 0.717) is 0 Å². The van der Waals surface area contributed by atoms with Crippen molar-refractivity contribution >= 4 is 5.91 Å². The molecule has 1 aliphatic heterocycles. The Morgan fingerprint density at radius 2 is 2.31 bits per heavy atom. The van der Waals surface area contributed by atoms with Gasteiger partial charge in [-0.15, -0.1) is 0 Å². The Morgan fingerprint density at radius 1 is 1.46 bits per heavy atom. The van der Waals surface area contributed by atoms with E-state index >= 15 is 0 Å². The van der Waals surface area contributed by atoms with Crippen molar-refractivity contribution in [3.8, 4) is 0 Å². The maximum atomic E-state index is 11.2. The van der Waals surface area contributed by atoms with Crippen molar-refractivity contribution in [3.05, 3.63) is 36.0 Å². The molecule has 0 aromatic carbocycles. The van der Waals surface area contributed by atoms with Crippen LogP contribution in [0, 0.1) is 5.92 Å². The monoisotopic (exact) mass is 175 g/mol. The van der Waals surface area contributed by atoms with E-state index in [1.54, 1.807) is 0 Å². The highest BCUT2D eigenvalue weighted by Gasteiger charge is 2.38. The maximum Gasteiger partial charge on any atom is 0.230 e. The van der Waals surface area contributed by atoms with Crippen molar-refractivity contribution in [1.29, 1.82) is 0 Å². The number of amides is 1. The van der Waals surface area contributed by atoms with Crippen LogP contribution in [-0.2, 0) is 4.79 Å². The molecule has 2 aliphatic rings. The molecule has 1 saturated heterocycles. The van der Waals surface area contributed by atoms with Gasteiger partial charge in [0.05, 0.1) is 12.0 Å². The Hall–Kier alpha value is -1.31. The molecule has 0 spiro atoms. The Balaban J connectivity index is 2.25. The first-order valence-corrected chi connectivity index (χ1v) is 4.59. The molecule has 0 aromatic heterocycles. The molecule has 1 heterocycles. The van der Waals surface area contributed by atoms with E-state index in [1.807, 2.05) is 25.2 Å². The van der Waals surface area contributed by atoms with Crippen LogP contribution in [0.4, 0.5) is 0 Å². The van der Waals surface area contributed by atoms with Crippen LogP contribution in [-0.4, -0.2) is 11.9 Å². The number of hydrogen-bond acceptors (Lipinski definition) is 1. The molecule has 2 unspecified atom stereocenters. The molecule has 1 amide bonds. The second-order valence-electron chi connectivity index (χ2n) is 3.51. The van der Waals surface area contributed by atoms with Crippen LogP contribution in [0.2, 0.25) is 0 Å². The topological polar surface area (TPSA) is 29.1 Å². The summed E-state index contributed by atoms with van der Waals surface area (Å²) in [5, 5.41) is 2.87. The Kier molecular flexibility index (Phi) is 2.05. The van der Waals surface area contributed by atoms with Crippen LogP contribution in [0.5, 0.6) is 0 Å². The fourth-order valence-electron chi connectivity index (χ4n) is 1.78. The minimum Gasteiger partial charge on any atom is -0.348 e. The van der Waals surface area contributed by atoms with Crippen LogP contribution >= 0.6 is 0 Å². The summed E-state index contributed by atoms with van der Waals surface area (Å²) in [7, 11) is 0. The summed E-state index contributed by atoms with van der Waals surface area (Å²) in [6.45, 7) is 2.03. The number of β-lactam (4-membered cyclic amide) rings is 1. The lowest BCUT2D eigenvalue weighted by Gasteiger charge is -2.35. The van der Waals surface area contributed by atoms with Gasteiger partial charge >= 0.3 is 0 Å². The highest BCUT2D eigenvalue weighted by atomic mass is 16.2. The van der Waals surface area contributed by atoms with Gasteiger partial charge in [0.1, 0.15) is 0 Å². The quantitative estimate of drug-likeness (QED) is 0.439. The molecule has 2 atom stereocenters. The number of fused-ring (bicyclic) bond motifs is 1. The van der Waals surface area contributed by atoms with E-state index in [2.05, 4.69) is 17.5 Å². The fourth-order valence-corrected chi connectivity index (χ4v) is 1.78. The first kappa shape index (κ1) is 8.30. The highest BCUT2D eigenvalue weighted by molar-refractivity contribution is 5.89. The molecule has 2 heteroatoms. The minimum absolute atomic E-state index is 0.0798.